The molecule has 19 heavy (non-hydrogen) atoms. The largest absolute Gasteiger partial charge is 0.497 e. The van der Waals surface area contributed by atoms with E-state index < -0.39 is 0 Å². The number of hydrogen-bond donors (Lipinski definition) is 0. The van der Waals surface area contributed by atoms with Crippen LogP contribution in [-0.2, 0) is 0 Å². The summed E-state index contributed by atoms with van der Waals surface area (Å²) in [6.45, 7) is 1.90. The van der Waals surface area contributed by atoms with E-state index in [-0.39, 0.29) is 0 Å². The second-order valence-electron chi connectivity index (χ2n) is 4.22. The Balaban J connectivity index is 2.22. The van der Waals surface area contributed by atoms with Crippen molar-refractivity contribution in [1.82, 2.24) is 0 Å². The van der Waals surface area contributed by atoms with Gasteiger partial charge in [-0.15, -0.1) is 0 Å². The maximum atomic E-state index is 6.11. The summed E-state index contributed by atoms with van der Waals surface area (Å²) in [6.07, 6.45) is 4.00. The molecule has 0 spiro atoms. The van der Waals surface area contributed by atoms with Crippen LogP contribution in [0.2, 0.25) is 10.0 Å². The SMILES string of the molecule is COc1ccc(/C=C/c2cc(Cl)c(C)c(Cl)c2)cc1. The van der Waals surface area contributed by atoms with Gasteiger partial charge >= 0.3 is 0 Å². The molecule has 2 rings (SSSR count). The summed E-state index contributed by atoms with van der Waals surface area (Å²) in [4.78, 5) is 0. The second kappa shape index (κ2) is 6.14. The fraction of sp³-hybridized carbons (Fsp3) is 0.125. The van der Waals surface area contributed by atoms with E-state index in [1.807, 2.05) is 55.5 Å². The van der Waals surface area contributed by atoms with Crippen molar-refractivity contribution in [2.24, 2.45) is 0 Å². The number of rotatable bonds is 3. The molecule has 0 aliphatic heterocycles. The zero-order valence-electron chi connectivity index (χ0n) is 10.8. The minimum Gasteiger partial charge on any atom is -0.497 e. The highest BCUT2D eigenvalue weighted by Crippen LogP contribution is 2.26. The van der Waals surface area contributed by atoms with E-state index in [0.29, 0.717) is 10.0 Å². The molecule has 98 valence electrons. The van der Waals surface area contributed by atoms with Gasteiger partial charge in [0, 0.05) is 10.0 Å². The number of hydrogen-bond acceptors (Lipinski definition) is 1. The molecule has 0 aliphatic rings. The van der Waals surface area contributed by atoms with Crippen molar-refractivity contribution in [3.63, 3.8) is 0 Å². The molecule has 0 N–H and O–H groups in total. The van der Waals surface area contributed by atoms with Crippen molar-refractivity contribution in [3.05, 3.63) is 63.1 Å². The van der Waals surface area contributed by atoms with E-state index >= 15 is 0 Å². The molecule has 0 bridgehead atoms. The zero-order valence-corrected chi connectivity index (χ0v) is 12.3. The number of halogens is 2. The van der Waals surface area contributed by atoms with Gasteiger partial charge in [-0.05, 0) is 47.9 Å². The first kappa shape index (κ1) is 14.0. The van der Waals surface area contributed by atoms with Gasteiger partial charge < -0.3 is 4.74 Å². The summed E-state index contributed by atoms with van der Waals surface area (Å²) >= 11 is 12.2. The fourth-order valence-electron chi connectivity index (χ4n) is 1.67. The topological polar surface area (TPSA) is 9.23 Å². The molecular weight excluding hydrogens is 279 g/mol. The summed E-state index contributed by atoms with van der Waals surface area (Å²) in [7, 11) is 1.65. The molecular formula is C16H14Cl2O. The van der Waals surface area contributed by atoms with Gasteiger partial charge in [-0.3, -0.25) is 0 Å². The van der Waals surface area contributed by atoms with Crippen LogP contribution in [0.4, 0.5) is 0 Å². The van der Waals surface area contributed by atoms with Crippen molar-refractivity contribution in [1.29, 1.82) is 0 Å². The van der Waals surface area contributed by atoms with E-state index in [4.69, 9.17) is 27.9 Å². The van der Waals surface area contributed by atoms with E-state index in [2.05, 4.69) is 0 Å². The standard InChI is InChI=1S/C16H14Cl2O/c1-11-15(17)9-13(10-16(11)18)4-3-12-5-7-14(19-2)8-6-12/h3-10H,1-2H3/b4-3+. The van der Waals surface area contributed by atoms with E-state index in [0.717, 1.165) is 22.4 Å². The number of benzene rings is 2. The van der Waals surface area contributed by atoms with Crippen LogP contribution < -0.4 is 4.74 Å². The Bertz CT molecular complexity index is 578. The molecule has 3 heteroatoms. The lowest BCUT2D eigenvalue weighted by Gasteiger charge is -2.03. The average molecular weight is 293 g/mol. The molecule has 0 amide bonds. The summed E-state index contributed by atoms with van der Waals surface area (Å²) in [5.74, 6) is 0.846. The molecule has 2 aromatic rings. The molecule has 1 nitrogen and oxygen atoms in total. The molecule has 0 aromatic heterocycles. The summed E-state index contributed by atoms with van der Waals surface area (Å²) < 4.78 is 5.12. The summed E-state index contributed by atoms with van der Waals surface area (Å²) in [5.41, 5.74) is 2.98. The van der Waals surface area contributed by atoms with Crippen molar-refractivity contribution in [3.8, 4) is 5.75 Å². The van der Waals surface area contributed by atoms with Crippen molar-refractivity contribution in [2.45, 2.75) is 6.92 Å². The van der Waals surface area contributed by atoms with Crippen LogP contribution in [0.5, 0.6) is 5.75 Å². The third-order valence-corrected chi connectivity index (χ3v) is 3.67. The fourth-order valence-corrected chi connectivity index (χ4v) is 2.17. The minimum absolute atomic E-state index is 0.682. The van der Waals surface area contributed by atoms with Gasteiger partial charge in [0.25, 0.3) is 0 Å². The van der Waals surface area contributed by atoms with Gasteiger partial charge in [0.1, 0.15) is 5.75 Å². The molecule has 0 fully saturated rings. The van der Waals surface area contributed by atoms with Crippen LogP contribution in [0.25, 0.3) is 12.2 Å². The molecule has 2 aromatic carbocycles. The van der Waals surface area contributed by atoms with Crippen LogP contribution in [0.3, 0.4) is 0 Å². The maximum Gasteiger partial charge on any atom is 0.118 e. The highest BCUT2D eigenvalue weighted by Gasteiger charge is 2.01. The van der Waals surface area contributed by atoms with Crippen LogP contribution in [0.15, 0.2) is 36.4 Å². The highest BCUT2D eigenvalue weighted by molar-refractivity contribution is 6.36. The molecule has 0 saturated heterocycles. The monoisotopic (exact) mass is 292 g/mol. The van der Waals surface area contributed by atoms with Crippen LogP contribution in [0.1, 0.15) is 16.7 Å². The normalized spacial score (nSPS) is 10.9. The average Bonchev–Trinajstić information content (AvgIpc) is 2.43. The first-order valence-corrected chi connectivity index (χ1v) is 6.63. The lowest BCUT2D eigenvalue weighted by Crippen LogP contribution is -1.82. The molecule has 0 heterocycles. The van der Waals surface area contributed by atoms with Crippen molar-refractivity contribution < 1.29 is 4.74 Å². The van der Waals surface area contributed by atoms with Gasteiger partial charge in [-0.1, -0.05) is 47.5 Å². The zero-order chi connectivity index (χ0) is 13.8. The molecule has 0 aliphatic carbocycles. The van der Waals surface area contributed by atoms with Crippen LogP contribution in [0, 0.1) is 6.92 Å². The van der Waals surface area contributed by atoms with E-state index in [1.165, 1.54) is 0 Å². The Kier molecular flexibility index (Phi) is 4.52. The Hall–Kier alpha value is -1.44. The van der Waals surface area contributed by atoms with Crippen molar-refractivity contribution in [2.75, 3.05) is 7.11 Å². The molecule has 0 atom stereocenters. The van der Waals surface area contributed by atoms with Crippen LogP contribution >= 0.6 is 23.2 Å². The minimum atomic E-state index is 0.682. The van der Waals surface area contributed by atoms with Gasteiger partial charge in [0.2, 0.25) is 0 Å². The number of methoxy groups -OCH3 is 1. The third-order valence-electron chi connectivity index (χ3n) is 2.89. The van der Waals surface area contributed by atoms with E-state index in [9.17, 15) is 0 Å². The predicted octanol–water partition coefficient (Wildman–Crippen LogP) is 5.48. The second-order valence-corrected chi connectivity index (χ2v) is 5.03. The summed E-state index contributed by atoms with van der Waals surface area (Å²) in [6, 6.07) is 11.6. The third kappa shape index (κ3) is 3.52. The smallest absolute Gasteiger partial charge is 0.118 e. The number of ether oxygens (including phenoxy) is 1. The van der Waals surface area contributed by atoms with Gasteiger partial charge in [0.15, 0.2) is 0 Å². The Labute approximate surface area is 123 Å². The first-order valence-electron chi connectivity index (χ1n) is 5.88. The maximum absolute atomic E-state index is 6.11. The predicted molar refractivity (Wildman–Crippen MR) is 83.1 cm³/mol. The van der Waals surface area contributed by atoms with E-state index in [1.54, 1.807) is 7.11 Å². The molecule has 0 radical (unpaired) electrons. The Morgan fingerprint density at radius 3 is 1.95 bits per heavy atom. The van der Waals surface area contributed by atoms with Crippen LogP contribution in [-0.4, -0.2) is 7.11 Å². The summed E-state index contributed by atoms with van der Waals surface area (Å²) in [5, 5.41) is 1.36. The van der Waals surface area contributed by atoms with Gasteiger partial charge in [0.05, 0.1) is 7.11 Å². The Morgan fingerprint density at radius 1 is 0.895 bits per heavy atom. The quantitative estimate of drug-likeness (QED) is 0.681. The van der Waals surface area contributed by atoms with Gasteiger partial charge in [-0.25, -0.2) is 0 Å². The van der Waals surface area contributed by atoms with Gasteiger partial charge in [-0.2, -0.15) is 0 Å². The molecule has 0 saturated carbocycles. The Morgan fingerprint density at radius 2 is 1.42 bits per heavy atom. The molecule has 0 unspecified atom stereocenters. The first-order chi connectivity index (χ1) is 9.10. The highest BCUT2D eigenvalue weighted by atomic mass is 35.5. The van der Waals surface area contributed by atoms with Crippen molar-refractivity contribution >= 4 is 35.4 Å². The lowest BCUT2D eigenvalue weighted by molar-refractivity contribution is 0.415. The lowest BCUT2D eigenvalue weighted by atomic mass is 10.1.